The molecule has 0 radical (unpaired) electrons. The molecule has 0 aromatic heterocycles. The highest BCUT2D eigenvalue weighted by atomic mass is 32.2. The summed E-state index contributed by atoms with van der Waals surface area (Å²) in [6, 6.07) is 10.4. The summed E-state index contributed by atoms with van der Waals surface area (Å²) in [7, 11) is -3.07. The number of carbonyl (C=O) groups is 1. The van der Waals surface area contributed by atoms with E-state index in [0.29, 0.717) is 24.9 Å². The molecular weight excluding hydrogens is 286 g/mol. The molecule has 2 atom stereocenters. The number of benzene rings is 1. The van der Waals surface area contributed by atoms with Gasteiger partial charge in [-0.05, 0) is 23.8 Å². The Hall–Kier alpha value is -1.36. The molecule has 0 bridgehead atoms. The predicted molar refractivity (Wildman–Crippen MR) is 83.9 cm³/mol. The Morgan fingerprint density at radius 2 is 1.95 bits per heavy atom. The number of nitrogens with zero attached hydrogens (tertiary/aromatic N) is 1. The summed E-state index contributed by atoms with van der Waals surface area (Å²) in [6.45, 7) is 3.59. The van der Waals surface area contributed by atoms with Crippen molar-refractivity contribution in [2.45, 2.75) is 25.7 Å². The number of sulfone groups is 1. The van der Waals surface area contributed by atoms with Crippen molar-refractivity contribution in [1.29, 1.82) is 0 Å². The molecule has 1 saturated heterocycles. The molecule has 0 unspecified atom stereocenters. The fourth-order valence-corrected chi connectivity index (χ4v) is 3.54. The van der Waals surface area contributed by atoms with Crippen molar-refractivity contribution in [2.75, 3.05) is 25.1 Å². The zero-order valence-corrected chi connectivity index (χ0v) is 13.5. The average Bonchev–Trinajstić information content (AvgIpc) is 2.45. The summed E-state index contributed by atoms with van der Waals surface area (Å²) in [5.41, 5.74) is 1.33. The second kappa shape index (κ2) is 6.60. The lowest BCUT2D eigenvalue weighted by molar-refractivity contribution is -0.132. The fourth-order valence-electron chi connectivity index (χ4n) is 3.00. The van der Waals surface area contributed by atoms with E-state index in [9.17, 15) is 13.2 Å². The predicted octanol–water partition coefficient (Wildman–Crippen LogP) is 2.07. The number of hydrogen-bond acceptors (Lipinski definition) is 3. The van der Waals surface area contributed by atoms with Crippen molar-refractivity contribution < 1.29 is 13.2 Å². The third-order valence-corrected chi connectivity index (χ3v) is 5.12. The molecule has 2 rings (SSSR count). The summed E-state index contributed by atoms with van der Waals surface area (Å²) in [6.07, 6.45) is 2.21. The molecule has 1 aromatic carbocycles. The Labute approximate surface area is 127 Å². The van der Waals surface area contributed by atoms with Crippen LogP contribution in [0.25, 0.3) is 0 Å². The van der Waals surface area contributed by atoms with E-state index in [4.69, 9.17) is 0 Å². The lowest BCUT2D eigenvalue weighted by atomic mass is 9.81. The Bertz CT molecular complexity index is 583. The second-order valence-corrected chi connectivity index (χ2v) is 8.26. The SMILES string of the molecule is C[C@@H]1CN(C(=O)CCS(C)(=O)=O)CC[C@@H]1c1ccccc1. The van der Waals surface area contributed by atoms with Crippen LogP contribution < -0.4 is 0 Å². The lowest BCUT2D eigenvalue weighted by Crippen LogP contribution is -2.42. The molecule has 0 aliphatic carbocycles. The van der Waals surface area contributed by atoms with Crippen LogP contribution in [0.3, 0.4) is 0 Å². The van der Waals surface area contributed by atoms with E-state index in [1.807, 2.05) is 23.1 Å². The van der Waals surface area contributed by atoms with Crippen LogP contribution in [-0.4, -0.2) is 44.3 Å². The summed E-state index contributed by atoms with van der Waals surface area (Å²) in [5.74, 6) is 0.769. The van der Waals surface area contributed by atoms with Gasteiger partial charge in [0.1, 0.15) is 9.84 Å². The van der Waals surface area contributed by atoms with Gasteiger partial charge in [0.05, 0.1) is 5.75 Å². The summed E-state index contributed by atoms with van der Waals surface area (Å²) in [5, 5.41) is 0. The van der Waals surface area contributed by atoms with Crippen molar-refractivity contribution in [3.05, 3.63) is 35.9 Å². The van der Waals surface area contributed by atoms with Gasteiger partial charge in [-0.1, -0.05) is 37.3 Å². The third kappa shape index (κ3) is 4.56. The number of likely N-dealkylation sites (tertiary alicyclic amines) is 1. The highest BCUT2D eigenvalue weighted by molar-refractivity contribution is 7.90. The Morgan fingerprint density at radius 3 is 2.52 bits per heavy atom. The molecule has 1 amide bonds. The van der Waals surface area contributed by atoms with Crippen LogP contribution >= 0.6 is 0 Å². The van der Waals surface area contributed by atoms with Crippen molar-refractivity contribution in [3.63, 3.8) is 0 Å². The first-order valence-electron chi connectivity index (χ1n) is 7.37. The average molecular weight is 309 g/mol. The van der Waals surface area contributed by atoms with Gasteiger partial charge in [0, 0.05) is 25.8 Å². The molecular formula is C16H23NO3S. The maximum absolute atomic E-state index is 12.1. The summed E-state index contributed by atoms with van der Waals surface area (Å²) >= 11 is 0. The van der Waals surface area contributed by atoms with Gasteiger partial charge in [-0.2, -0.15) is 0 Å². The first kappa shape index (κ1) is 16.0. The van der Waals surface area contributed by atoms with Gasteiger partial charge in [0.15, 0.2) is 0 Å². The minimum absolute atomic E-state index is 0.0428. The third-order valence-electron chi connectivity index (χ3n) is 4.17. The molecule has 116 valence electrons. The van der Waals surface area contributed by atoms with E-state index in [1.54, 1.807) is 0 Å². The smallest absolute Gasteiger partial charge is 0.223 e. The van der Waals surface area contributed by atoms with Crippen LogP contribution in [0.15, 0.2) is 30.3 Å². The molecule has 1 aliphatic rings. The molecule has 1 aromatic rings. The normalized spacial score (nSPS) is 23.0. The second-order valence-electron chi connectivity index (χ2n) is 6.00. The number of carbonyl (C=O) groups excluding carboxylic acids is 1. The van der Waals surface area contributed by atoms with E-state index in [1.165, 1.54) is 11.8 Å². The van der Waals surface area contributed by atoms with E-state index < -0.39 is 9.84 Å². The zero-order chi connectivity index (χ0) is 15.5. The van der Waals surface area contributed by atoms with E-state index in [2.05, 4.69) is 19.1 Å². The van der Waals surface area contributed by atoms with Crippen molar-refractivity contribution in [1.82, 2.24) is 4.90 Å². The molecule has 1 heterocycles. The number of rotatable bonds is 4. The van der Waals surface area contributed by atoms with Gasteiger partial charge in [0.25, 0.3) is 0 Å². The van der Waals surface area contributed by atoms with E-state index in [-0.39, 0.29) is 18.1 Å². The maximum atomic E-state index is 12.1. The standard InChI is InChI=1S/C16H23NO3S/c1-13-12-17(16(18)9-11-21(2,19)20)10-8-15(13)14-6-4-3-5-7-14/h3-7,13,15H,8-12H2,1-2H3/t13-,15+/m1/s1. The molecule has 0 saturated carbocycles. The van der Waals surface area contributed by atoms with Crippen LogP contribution in [0, 0.1) is 5.92 Å². The highest BCUT2D eigenvalue weighted by Gasteiger charge is 2.29. The quantitative estimate of drug-likeness (QED) is 0.855. The first-order valence-corrected chi connectivity index (χ1v) is 9.43. The number of hydrogen-bond donors (Lipinski definition) is 0. The summed E-state index contributed by atoms with van der Waals surface area (Å²) < 4.78 is 22.3. The van der Waals surface area contributed by atoms with Crippen molar-refractivity contribution >= 4 is 15.7 Å². The first-order chi connectivity index (χ1) is 9.87. The molecule has 0 N–H and O–H groups in total. The van der Waals surface area contributed by atoms with Gasteiger partial charge in [-0.15, -0.1) is 0 Å². The van der Waals surface area contributed by atoms with Crippen molar-refractivity contribution in [2.24, 2.45) is 5.92 Å². The lowest BCUT2D eigenvalue weighted by Gasteiger charge is -2.37. The number of amides is 1. The van der Waals surface area contributed by atoms with Crippen LogP contribution in [0.4, 0.5) is 0 Å². The van der Waals surface area contributed by atoms with Gasteiger partial charge in [0.2, 0.25) is 5.91 Å². The fraction of sp³-hybridized carbons (Fsp3) is 0.562. The Balaban J connectivity index is 1.93. The van der Waals surface area contributed by atoms with Crippen molar-refractivity contribution in [3.8, 4) is 0 Å². The monoisotopic (exact) mass is 309 g/mol. The van der Waals surface area contributed by atoms with E-state index >= 15 is 0 Å². The van der Waals surface area contributed by atoms with Gasteiger partial charge in [-0.3, -0.25) is 4.79 Å². The highest BCUT2D eigenvalue weighted by Crippen LogP contribution is 2.32. The zero-order valence-electron chi connectivity index (χ0n) is 12.7. The van der Waals surface area contributed by atoms with Crippen LogP contribution in [0.1, 0.15) is 31.2 Å². The largest absolute Gasteiger partial charge is 0.342 e. The molecule has 21 heavy (non-hydrogen) atoms. The summed E-state index contributed by atoms with van der Waals surface area (Å²) in [4.78, 5) is 13.9. The Kier molecular flexibility index (Phi) is 5.04. The molecule has 5 heteroatoms. The van der Waals surface area contributed by atoms with Crippen LogP contribution in [0.5, 0.6) is 0 Å². The van der Waals surface area contributed by atoms with Gasteiger partial charge >= 0.3 is 0 Å². The molecule has 4 nitrogen and oxygen atoms in total. The van der Waals surface area contributed by atoms with Gasteiger partial charge in [-0.25, -0.2) is 8.42 Å². The topological polar surface area (TPSA) is 54.5 Å². The minimum Gasteiger partial charge on any atom is -0.342 e. The minimum atomic E-state index is -3.07. The molecule has 1 aliphatic heterocycles. The maximum Gasteiger partial charge on any atom is 0.223 e. The molecule has 0 spiro atoms. The van der Waals surface area contributed by atoms with Crippen LogP contribution in [-0.2, 0) is 14.6 Å². The van der Waals surface area contributed by atoms with E-state index in [0.717, 1.165) is 6.42 Å². The van der Waals surface area contributed by atoms with Gasteiger partial charge < -0.3 is 4.90 Å². The Morgan fingerprint density at radius 1 is 1.29 bits per heavy atom. The van der Waals surface area contributed by atoms with Crippen LogP contribution in [0.2, 0.25) is 0 Å². The number of piperidine rings is 1. The molecule has 1 fully saturated rings.